The molecule has 1 aromatic rings. The molecular formula is C21H27F3N4O5. The Kier molecular flexibility index (Phi) is 8.39. The van der Waals surface area contributed by atoms with Crippen LogP contribution in [0.15, 0.2) is 12.4 Å². The fourth-order valence-electron chi connectivity index (χ4n) is 3.65. The highest BCUT2D eigenvalue weighted by molar-refractivity contribution is 6.05. The van der Waals surface area contributed by atoms with E-state index in [9.17, 15) is 32.3 Å². The monoisotopic (exact) mass is 472 g/mol. The van der Waals surface area contributed by atoms with Crippen LogP contribution in [0.1, 0.15) is 69.2 Å². The Labute approximate surface area is 188 Å². The maximum Gasteiger partial charge on any atom is 0.491 e. The lowest BCUT2D eigenvalue weighted by Gasteiger charge is -2.28. The Balaban J connectivity index is 1.97. The van der Waals surface area contributed by atoms with Crippen molar-refractivity contribution in [2.45, 2.75) is 70.5 Å². The van der Waals surface area contributed by atoms with E-state index in [-0.39, 0.29) is 18.0 Å². The highest BCUT2D eigenvalue weighted by Gasteiger charge is 2.43. The molecule has 1 fully saturated rings. The van der Waals surface area contributed by atoms with Gasteiger partial charge in [0, 0.05) is 24.6 Å². The first kappa shape index (κ1) is 26.1. The van der Waals surface area contributed by atoms with Crippen LogP contribution in [0.5, 0.6) is 0 Å². The van der Waals surface area contributed by atoms with Gasteiger partial charge in [0.25, 0.3) is 0 Å². The summed E-state index contributed by atoms with van der Waals surface area (Å²) in [6.45, 7) is 3.34. The van der Waals surface area contributed by atoms with Crippen LogP contribution >= 0.6 is 0 Å². The van der Waals surface area contributed by atoms with Crippen LogP contribution in [0.3, 0.4) is 0 Å². The van der Waals surface area contributed by atoms with E-state index in [1.807, 2.05) is 0 Å². The van der Waals surface area contributed by atoms with Crippen molar-refractivity contribution < 1.29 is 37.1 Å². The quantitative estimate of drug-likeness (QED) is 0.409. The maximum absolute atomic E-state index is 12.5. The van der Waals surface area contributed by atoms with E-state index in [1.165, 1.54) is 6.42 Å². The fourth-order valence-corrected chi connectivity index (χ4v) is 3.65. The molecule has 12 heteroatoms. The molecule has 1 aliphatic rings. The number of hydrogen-bond acceptors (Lipinski definition) is 7. The van der Waals surface area contributed by atoms with Gasteiger partial charge in [0.1, 0.15) is 5.56 Å². The molecule has 1 heterocycles. The van der Waals surface area contributed by atoms with Crippen molar-refractivity contribution in [2.75, 3.05) is 11.1 Å². The Hall–Kier alpha value is -3.18. The molecule has 1 saturated carbocycles. The maximum atomic E-state index is 12.5. The van der Waals surface area contributed by atoms with Crippen molar-refractivity contribution >= 4 is 35.1 Å². The molecule has 33 heavy (non-hydrogen) atoms. The molecular weight excluding hydrogens is 445 g/mol. The second-order valence-corrected chi connectivity index (χ2v) is 8.69. The molecule has 0 saturated heterocycles. The summed E-state index contributed by atoms with van der Waals surface area (Å²) in [4.78, 5) is 51.2. The number of amides is 2. The van der Waals surface area contributed by atoms with Gasteiger partial charge in [-0.1, -0.05) is 19.3 Å². The predicted octanol–water partition coefficient (Wildman–Crippen LogP) is 3.10. The van der Waals surface area contributed by atoms with Crippen LogP contribution in [0.2, 0.25) is 0 Å². The number of alkyl halides is 3. The van der Waals surface area contributed by atoms with Crippen LogP contribution in [-0.2, 0) is 19.1 Å². The zero-order chi connectivity index (χ0) is 24.8. The topological polar surface area (TPSA) is 140 Å². The number of aromatic nitrogens is 1. The van der Waals surface area contributed by atoms with Gasteiger partial charge in [-0.3, -0.25) is 14.6 Å². The van der Waals surface area contributed by atoms with E-state index < -0.39 is 40.8 Å². The zero-order valence-corrected chi connectivity index (χ0v) is 18.4. The number of halogens is 3. The molecule has 0 aliphatic heterocycles. The summed E-state index contributed by atoms with van der Waals surface area (Å²) >= 11 is 0. The highest BCUT2D eigenvalue weighted by Crippen LogP contribution is 2.27. The number of nitrogens with zero attached hydrogens (tertiary/aromatic N) is 1. The molecule has 2 rings (SSSR count). The van der Waals surface area contributed by atoms with Crippen LogP contribution in [0, 0.1) is 5.92 Å². The number of nitrogens with one attached hydrogen (secondary N) is 2. The van der Waals surface area contributed by atoms with Crippen LogP contribution in [-0.4, -0.2) is 40.5 Å². The Morgan fingerprint density at radius 3 is 2.33 bits per heavy atom. The predicted molar refractivity (Wildman–Crippen MR) is 112 cm³/mol. The molecule has 0 radical (unpaired) electrons. The van der Waals surface area contributed by atoms with Crippen LogP contribution < -0.4 is 16.4 Å². The number of esters is 2. The molecule has 0 unspecified atom stereocenters. The highest BCUT2D eigenvalue weighted by atomic mass is 19.4. The van der Waals surface area contributed by atoms with Crippen molar-refractivity contribution in [1.82, 2.24) is 10.3 Å². The number of pyridine rings is 1. The third kappa shape index (κ3) is 8.03. The van der Waals surface area contributed by atoms with Crippen LogP contribution in [0.4, 0.5) is 24.5 Å². The summed E-state index contributed by atoms with van der Waals surface area (Å²) in [7, 11) is 0. The molecule has 182 valence electrons. The first-order chi connectivity index (χ1) is 15.3. The smallest absolute Gasteiger partial charge is 0.396 e. The summed E-state index contributed by atoms with van der Waals surface area (Å²) in [6.07, 6.45) is 2.19. The molecule has 2 amide bonds. The number of carbonyl (C=O) groups is 4. The minimum Gasteiger partial charge on any atom is -0.396 e. The lowest BCUT2D eigenvalue weighted by atomic mass is 9.86. The lowest BCUT2D eigenvalue weighted by molar-refractivity contribution is -0.193. The fraction of sp³-hybridized carbons (Fsp3) is 0.571. The molecule has 0 bridgehead atoms. The van der Waals surface area contributed by atoms with E-state index in [0.29, 0.717) is 12.3 Å². The van der Waals surface area contributed by atoms with Crippen molar-refractivity contribution in [3.8, 4) is 0 Å². The average molecular weight is 472 g/mol. The second-order valence-electron chi connectivity index (χ2n) is 8.69. The summed E-state index contributed by atoms with van der Waals surface area (Å²) in [5.41, 5.74) is 3.66. The minimum atomic E-state index is -5.36. The summed E-state index contributed by atoms with van der Waals surface area (Å²) in [5.74, 6) is -4.76. The normalized spacial score (nSPS) is 14.9. The molecule has 0 atom stereocenters. The summed E-state index contributed by atoms with van der Waals surface area (Å²) < 4.78 is 40.6. The van der Waals surface area contributed by atoms with Gasteiger partial charge in [-0.2, -0.15) is 13.2 Å². The number of nitrogens with two attached hydrogens (primary N) is 1. The van der Waals surface area contributed by atoms with E-state index in [0.717, 1.165) is 38.1 Å². The lowest BCUT2D eigenvalue weighted by Crippen LogP contribution is -2.46. The summed E-state index contributed by atoms with van der Waals surface area (Å²) in [5, 5.41) is 5.24. The molecule has 0 aromatic carbocycles. The molecule has 1 aliphatic carbocycles. The second kappa shape index (κ2) is 10.6. The van der Waals surface area contributed by atoms with Gasteiger partial charge in [0.05, 0.1) is 17.6 Å². The van der Waals surface area contributed by atoms with Crippen molar-refractivity contribution in [1.29, 1.82) is 0 Å². The molecule has 1 aromatic heterocycles. The SMILES string of the molecule is CC(C)(CC(=O)Nc1cncc(C(=O)OC(=O)C(F)(F)F)c1N)NC(=O)CC1CCCCC1. The number of ether oxygens (including phenoxy) is 1. The van der Waals surface area contributed by atoms with Gasteiger partial charge in [-0.05, 0) is 32.6 Å². The third-order valence-electron chi connectivity index (χ3n) is 5.18. The standard InChI is InChI=1S/C21H27F3N4O5/c1-20(2,28-15(29)8-12-6-4-3-5-7-12)9-16(30)27-14-11-26-10-13(17(14)25)18(31)33-19(32)21(22,23)24/h10-12H,3-9H2,1-2H3,(H2,25,26)(H,27,30)(H,28,29). The van der Waals surface area contributed by atoms with E-state index in [2.05, 4.69) is 20.4 Å². The molecule has 9 nitrogen and oxygen atoms in total. The zero-order valence-electron chi connectivity index (χ0n) is 18.4. The first-order valence-electron chi connectivity index (χ1n) is 10.5. The number of anilines is 2. The minimum absolute atomic E-state index is 0.149. The van der Waals surface area contributed by atoms with Crippen molar-refractivity contribution in [2.24, 2.45) is 5.92 Å². The third-order valence-corrected chi connectivity index (χ3v) is 5.18. The number of nitrogen functional groups attached to an aromatic ring is 1. The van der Waals surface area contributed by atoms with E-state index >= 15 is 0 Å². The number of rotatable bonds is 7. The van der Waals surface area contributed by atoms with Gasteiger partial charge in [-0.15, -0.1) is 0 Å². The number of hydrogen-bond donors (Lipinski definition) is 3. The van der Waals surface area contributed by atoms with Gasteiger partial charge in [-0.25, -0.2) is 9.59 Å². The summed E-state index contributed by atoms with van der Waals surface area (Å²) in [6, 6.07) is 0. The first-order valence-corrected chi connectivity index (χ1v) is 10.5. The average Bonchev–Trinajstić information content (AvgIpc) is 2.68. The van der Waals surface area contributed by atoms with Gasteiger partial charge in [0.2, 0.25) is 11.8 Å². The van der Waals surface area contributed by atoms with Crippen LogP contribution in [0.25, 0.3) is 0 Å². The van der Waals surface area contributed by atoms with Crippen molar-refractivity contribution in [3.63, 3.8) is 0 Å². The van der Waals surface area contributed by atoms with Gasteiger partial charge >= 0.3 is 18.1 Å². The number of carbonyl (C=O) groups excluding carboxylic acids is 4. The Morgan fingerprint density at radius 2 is 1.73 bits per heavy atom. The van der Waals surface area contributed by atoms with E-state index in [4.69, 9.17) is 5.73 Å². The largest absolute Gasteiger partial charge is 0.491 e. The van der Waals surface area contributed by atoms with E-state index in [1.54, 1.807) is 13.8 Å². The van der Waals surface area contributed by atoms with Gasteiger partial charge in [0.15, 0.2) is 0 Å². The van der Waals surface area contributed by atoms with Gasteiger partial charge < -0.3 is 21.1 Å². The van der Waals surface area contributed by atoms with Crippen molar-refractivity contribution in [3.05, 3.63) is 18.0 Å². The molecule has 0 spiro atoms. The Bertz CT molecular complexity index is 912. The molecule has 4 N–H and O–H groups in total. The Morgan fingerprint density at radius 1 is 1.09 bits per heavy atom.